The molecule has 0 aliphatic carbocycles. The van der Waals surface area contributed by atoms with Crippen molar-refractivity contribution in [2.45, 2.75) is 33.6 Å². The van der Waals surface area contributed by atoms with Gasteiger partial charge < -0.3 is 10.2 Å². The van der Waals surface area contributed by atoms with Crippen LogP contribution in [0.5, 0.6) is 0 Å². The summed E-state index contributed by atoms with van der Waals surface area (Å²) in [5, 5.41) is 4.15. The fourth-order valence-corrected chi connectivity index (χ4v) is 4.11. The molecule has 0 saturated carbocycles. The van der Waals surface area contributed by atoms with Crippen LogP contribution in [0.25, 0.3) is 15.9 Å². The van der Waals surface area contributed by atoms with Crippen molar-refractivity contribution >= 4 is 43.9 Å². The molecule has 0 fully saturated rings. The van der Waals surface area contributed by atoms with E-state index >= 15 is 0 Å². The minimum atomic E-state index is 0.789. The highest BCUT2D eigenvalue weighted by molar-refractivity contribution is 7.21. The molecule has 0 spiro atoms. The first-order valence-corrected chi connectivity index (χ1v) is 11.2. The largest absolute Gasteiger partial charge is 0.371 e. The van der Waals surface area contributed by atoms with Gasteiger partial charge in [0.2, 0.25) is 0 Å². The zero-order valence-corrected chi connectivity index (χ0v) is 18.7. The van der Waals surface area contributed by atoms with Gasteiger partial charge in [-0.25, -0.2) is 15.0 Å². The first kappa shape index (κ1) is 21.7. The molecule has 156 valence electrons. The molecule has 3 aromatic rings. The van der Waals surface area contributed by atoms with Crippen LogP contribution < -0.4 is 10.2 Å². The Morgan fingerprint density at radius 2 is 1.97 bits per heavy atom. The van der Waals surface area contributed by atoms with Crippen LogP contribution in [0.2, 0.25) is 0 Å². The maximum atomic E-state index is 4.79. The number of pyridine rings is 2. The van der Waals surface area contributed by atoms with E-state index in [4.69, 9.17) is 4.98 Å². The third-order valence-electron chi connectivity index (χ3n) is 4.53. The van der Waals surface area contributed by atoms with Crippen LogP contribution in [0.3, 0.4) is 0 Å². The molecule has 0 amide bonds. The van der Waals surface area contributed by atoms with Crippen LogP contribution in [0.4, 0.5) is 16.6 Å². The quantitative estimate of drug-likeness (QED) is 0.375. The summed E-state index contributed by atoms with van der Waals surface area (Å²) < 4.78 is 0. The van der Waals surface area contributed by atoms with Crippen LogP contribution in [0.1, 0.15) is 39.3 Å². The predicted molar refractivity (Wildman–Crippen MR) is 131 cm³/mol. The van der Waals surface area contributed by atoms with Gasteiger partial charge in [0.15, 0.2) is 5.13 Å². The Morgan fingerprint density at radius 3 is 2.67 bits per heavy atom. The number of nitrogens with one attached hydrogen (secondary N) is 1. The zero-order valence-electron chi connectivity index (χ0n) is 17.9. The van der Waals surface area contributed by atoms with Crippen molar-refractivity contribution in [3.8, 4) is 0 Å². The third-order valence-corrected chi connectivity index (χ3v) is 5.41. The number of thiazole rings is 1. The molecule has 0 radical (unpaired) electrons. The van der Waals surface area contributed by atoms with Crippen molar-refractivity contribution in [1.82, 2.24) is 15.0 Å². The number of rotatable bonds is 10. The summed E-state index contributed by atoms with van der Waals surface area (Å²) in [4.78, 5) is 17.2. The van der Waals surface area contributed by atoms with E-state index in [9.17, 15) is 0 Å². The van der Waals surface area contributed by atoms with Gasteiger partial charge in [0, 0.05) is 31.0 Å². The predicted octanol–water partition coefficient (Wildman–Crippen LogP) is 6.60. The Morgan fingerprint density at radius 1 is 1.17 bits per heavy atom. The van der Waals surface area contributed by atoms with E-state index in [1.54, 1.807) is 6.08 Å². The molecule has 30 heavy (non-hydrogen) atoms. The molecule has 5 nitrogen and oxygen atoms in total. The van der Waals surface area contributed by atoms with Gasteiger partial charge in [-0.05, 0) is 43.5 Å². The Bertz CT molecular complexity index is 1040. The highest BCUT2D eigenvalue weighted by Crippen LogP contribution is 2.29. The topological polar surface area (TPSA) is 53.9 Å². The van der Waals surface area contributed by atoms with Crippen LogP contribution in [0, 0.1) is 0 Å². The van der Waals surface area contributed by atoms with E-state index < -0.39 is 0 Å². The monoisotopic (exact) mass is 419 g/mol. The van der Waals surface area contributed by atoms with Crippen LogP contribution >= 0.6 is 11.3 Å². The first-order valence-electron chi connectivity index (χ1n) is 10.4. The van der Waals surface area contributed by atoms with E-state index in [1.165, 1.54) is 17.0 Å². The third kappa shape index (κ3) is 5.33. The zero-order chi connectivity index (χ0) is 21.3. The summed E-state index contributed by atoms with van der Waals surface area (Å²) in [6.45, 7) is 12.3. The maximum Gasteiger partial charge on any atom is 0.190 e. The molecule has 3 rings (SSSR count). The molecule has 1 N–H and O–H groups in total. The second-order valence-electron chi connectivity index (χ2n) is 6.91. The van der Waals surface area contributed by atoms with Gasteiger partial charge in [-0.1, -0.05) is 56.1 Å². The lowest BCUT2D eigenvalue weighted by Gasteiger charge is -2.24. The molecule has 3 aromatic heterocycles. The van der Waals surface area contributed by atoms with Crippen molar-refractivity contribution in [3.05, 3.63) is 67.0 Å². The van der Waals surface area contributed by atoms with Gasteiger partial charge in [0.25, 0.3) is 0 Å². The molecule has 0 aliphatic heterocycles. The number of anilines is 3. The van der Waals surface area contributed by atoms with Gasteiger partial charge >= 0.3 is 0 Å². The van der Waals surface area contributed by atoms with Gasteiger partial charge in [0.1, 0.15) is 16.2 Å². The minimum Gasteiger partial charge on any atom is -0.371 e. The second-order valence-corrected chi connectivity index (χ2v) is 7.89. The van der Waals surface area contributed by atoms with E-state index in [0.29, 0.717) is 0 Å². The standard InChI is InChI=1S/C24H29N5S/c1-5-9-18(10-6-2)20-11-12-21-23(26-20)30-24(27-21)28-22-17-19(13-14-25-22)29(15-7-3)16-8-4/h5-6,9-14,17H,1,7-8,15-16H2,2-4H3,(H,25,27,28)/b10-6-,18-9+. The van der Waals surface area contributed by atoms with Crippen molar-refractivity contribution in [3.63, 3.8) is 0 Å². The number of aromatic nitrogens is 3. The molecule has 0 bridgehead atoms. The Kier molecular flexibility index (Phi) is 7.74. The van der Waals surface area contributed by atoms with Crippen molar-refractivity contribution in [2.75, 3.05) is 23.3 Å². The van der Waals surface area contributed by atoms with E-state index in [0.717, 1.165) is 58.5 Å². The van der Waals surface area contributed by atoms with Crippen molar-refractivity contribution in [2.24, 2.45) is 0 Å². The Hall–Kier alpha value is -2.99. The number of fused-ring (bicyclic) bond motifs is 1. The fourth-order valence-electron chi connectivity index (χ4n) is 3.27. The summed E-state index contributed by atoms with van der Waals surface area (Å²) in [5.74, 6) is 0.796. The molecular weight excluding hydrogens is 390 g/mol. The Balaban J connectivity index is 1.85. The molecule has 6 heteroatoms. The lowest BCUT2D eigenvalue weighted by atomic mass is 10.1. The number of hydrogen-bond acceptors (Lipinski definition) is 6. The Labute approximate surface area is 182 Å². The lowest BCUT2D eigenvalue weighted by Crippen LogP contribution is -2.24. The molecule has 3 heterocycles. The van der Waals surface area contributed by atoms with E-state index in [2.05, 4.69) is 52.7 Å². The number of hydrogen-bond donors (Lipinski definition) is 1. The lowest BCUT2D eigenvalue weighted by molar-refractivity contribution is 0.744. The first-order chi connectivity index (χ1) is 14.7. The van der Waals surface area contributed by atoms with Crippen molar-refractivity contribution in [1.29, 1.82) is 0 Å². The van der Waals surface area contributed by atoms with Gasteiger partial charge in [-0.2, -0.15) is 0 Å². The average Bonchev–Trinajstić information content (AvgIpc) is 3.15. The molecule has 0 aromatic carbocycles. The molecule has 0 atom stereocenters. The molecular formula is C24H29N5S. The molecule has 0 unspecified atom stereocenters. The van der Waals surface area contributed by atoms with Crippen LogP contribution in [-0.4, -0.2) is 28.0 Å². The SMILES string of the molecule is C=C/C=C(\C=C/C)c1ccc2nc(Nc3cc(N(CCC)CCC)ccn3)sc2n1. The summed E-state index contributed by atoms with van der Waals surface area (Å²) in [7, 11) is 0. The normalized spacial score (nSPS) is 11.9. The maximum absolute atomic E-state index is 4.79. The highest BCUT2D eigenvalue weighted by Gasteiger charge is 2.10. The molecule has 0 aliphatic rings. The van der Waals surface area contributed by atoms with Gasteiger partial charge in [-0.15, -0.1) is 0 Å². The summed E-state index contributed by atoms with van der Waals surface area (Å²) in [6.07, 6.45) is 11.9. The summed E-state index contributed by atoms with van der Waals surface area (Å²) >= 11 is 1.53. The fraction of sp³-hybridized carbons (Fsp3) is 0.292. The van der Waals surface area contributed by atoms with Crippen LogP contribution in [0.15, 0.2) is 61.3 Å². The summed E-state index contributed by atoms with van der Waals surface area (Å²) in [5.41, 5.74) is 3.99. The minimum absolute atomic E-state index is 0.789. The highest BCUT2D eigenvalue weighted by atomic mass is 32.1. The summed E-state index contributed by atoms with van der Waals surface area (Å²) in [6, 6.07) is 8.16. The average molecular weight is 420 g/mol. The van der Waals surface area contributed by atoms with Crippen molar-refractivity contribution < 1.29 is 0 Å². The van der Waals surface area contributed by atoms with Gasteiger partial charge in [-0.3, -0.25) is 0 Å². The van der Waals surface area contributed by atoms with E-state index in [-0.39, 0.29) is 0 Å². The smallest absolute Gasteiger partial charge is 0.190 e. The number of nitrogens with zero attached hydrogens (tertiary/aromatic N) is 4. The second kappa shape index (κ2) is 10.7. The van der Waals surface area contributed by atoms with E-state index in [1.807, 2.05) is 43.5 Å². The van der Waals surface area contributed by atoms with Crippen LogP contribution in [-0.2, 0) is 0 Å². The molecule has 0 saturated heterocycles. The van der Waals surface area contributed by atoms with Gasteiger partial charge in [0.05, 0.1) is 5.69 Å². The number of allylic oxidation sites excluding steroid dienone is 5.